The van der Waals surface area contributed by atoms with Gasteiger partial charge in [-0.2, -0.15) is 0 Å². The zero-order valence-corrected chi connectivity index (χ0v) is 11.4. The summed E-state index contributed by atoms with van der Waals surface area (Å²) in [4.78, 5) is 13.6. The van der Waals surface area contributed by atoms with Gasteiger partial charge in [0, 0.05) is 19.1 Å². The number of likely N-dealkylation sites (tertiary alicyclic amines) is 1. The van der Waals surface area contributed by atoms with E-state index in [1.807, 2.05) is 0 Å². The minimum absolute atomic E-state index is 0.348. The van der Waals surface area contributed by atoms with Crippen LogP contribution in [-0.4, -0.2) is 47.7 Å². The first kappa shape index (κ1) is 13.8. The van der Waals surface area contributed by atoms with Gasteiger partial charge >= 0.3 is 5.97 Å². The fraction of sp³-hybridized carbons (Fsp3) is 0.929. The maximum absolute atomic E-state index is 11.2. The van der Waals surface area contributed by atoms with Gasteiger partial charge in [0.2, 0.25) is 0 Å². The molecule has 0 bridgehead atoms. The van der Waals surface area contributed by atoms with Gasteiger partial charge in [-0.05, 0) is 44.6 Å². The smallest absolute Gasteiger partial charge is 0.320 e. The lowest BCUT2D eigenvalue weighted by Gasteiger charge is -2.32. The zero-order chi connectivity index (χ0) is 13.0. The number of piperidine rings is 1. The molecular weight excluding hydrogens is 228 g/mol. The molecule has 0 aromatic carbocycles. The molecule has 18 heavy (non-hydrogen) atoms. The molecule has 0 spiro atoms. The van der Waals surface area contributed by atoms with E-state index in [-0.39, 0.29) is 6.04 Å². The van der Waals surface area contributed by atoms with Crippen LogP contribution in [0.5, 0.6) is 0 Å². The Kier molecular flexibility index (Phi) is 5.01. The van der Waals surface area contributed by atoms with E-state index >= 15 is 0 Å². The van der Waals surface area contributed by atoms with Crippen LogP contribution < -0.4 is 5.32 Å². The molecule has 1 saturated carbocycles. The lowest BCUT2D eigenvalue weighted by Crippen LogP contribution is -2.43. The SMILES string of the molecule is CCC1CCCN(CCC(NC2CC2)C(=O)O)C1. The molecular formula is C14H26N2O2. The molecule has 2 rings (SSSR count). The number of hydrogen-bond acceptors (Lipinski definition) is 3. The number of aliphatic carboxylic acids is 1. The second-order valence-corrected chi connectivity index (χ2v) is 5.84. The molecule has 2 unspecified atom stereocenters. The molecule has 104 valence electrons. The molecule has 4 heteroatoms. The van der Waals surface area contributed by atoms with Gasteiger partial charge in [0.05, 0.1) is 0 Å². The topological polar surface area (TPSA) is 52.6 Å². The van der Waals surface area contributed by atoms with Crippen LogP contribution in [0.3, 0.4) is 0 Å². The Bertz CT molecular complexity index is 279. The summed E-state index contributed by atoms with van der Waals surface area (Å²) >= 11 is 0. The highest BCUT2D eigenvalue weighted by molar-refractivity contribution is 5.73. The predicted molar refractivity (Wildman–Crippen MR) is 71.7 cm³/mol. The van der Waals surface area contributed by atoms with Crippen molar-refractivity contribution in [3.05, 3.63) is 0 Å². The van der Waals surface area contributed by atoms with E-state index in [0.29, 0.717) is 6.04 Å². The van der Waals surface area contributed by atoms with Crippen molar-refractivity contribution in [2.75, 3.05) is 19.6 Å². The molecule has 2 atom stereocenters. The molecule has 4 nitrogen and oxygen atoms in total. The molecule has 1 aliphatic carbocycles. The normalized spacial score (nSPS) is 27.1. The molecule has 0 aromatic heterocycles. The Morgan fingerprint density at radius 3 is 2.83 bits per heavy atom. The monoisotopic (exact) mass is 254 g/mol. The van der Waals surface area contributed by atoms with Crippen molar-refractivity contribution in [1.82, 2.24) is 10.2 Å². The fourth-order valence-corrected chi connectivity index (χ4v) is 2.81. The van der Waals surface area contributed by atoms with E-state index in [1.54, 1.807) is 0 Å². The quantitative estimate of drug-likeness (QED) is 0.726. The maximum atomic E-state index is 11.2. The highest BCUT2D eigenvalue weighted by Gasteiger charge is 2.28. The van der Waals surface area contributed by atoms with Crippen molar-refractivity contribution in [2.24, 2.45) is 5.92 Å². The van der Waals surface area contributed by atoms with Crippen LogP contribution >= 0.6 is 0 Å². The van der Waals surface area contributed by atoms with Crippen molar-refractivity contribution in [3.63, 3.8) is 0 Å². The Balaban J connectivity index is 1.72. The third kappa shape index (κ3) is 4.25. The summed E-state index contributed by atoms with van der Waals surface area (Å²) < 4.78 is 0. The van der Waals surface area contributed by atoms with Gasteiger partial charge in [0.25, 0.3) is 0 Å². The molecule has 1 heterocycles. The number of carbonyl (C=O) groups is 1. The number of carboxylic acid groups (broad SMARTS) is 1. The van der Waals surface area contributed by atoms with Crippen molar-refractivity contribution in [3.8, 4) is 0 Å². The number of nitrogens with zero attached hydrogens (tertiary/aromatic N) is 1. The van der Waals surface area contributed by atoms with E-state index in [2.05, 4.69) is 17.1 Å². The molecule has 1 saturated heterocycles. The molecule has 2 fully saturated rings. The number of hydrogen-bond donors (Lipinski definition) is 2. The van der Waals surface area contributed by atoms with E-state index in [1.165, 1.54) is 19.3 Å². The highest BCUT2D eigenvalue weighted by Crippen LogP contribution is 2.21. The van der Waals surface area contributed by atoms with Crippen LogP contribution in [0.4, 0.5) is 0 Å². The largest absolute Gasteiger partial charge is 0.480 e. The minimum Gasteiger partial charge on any atom is -0.480 e. The minimum atomic E-state index is -0.689. The summed E-state index contributed by atoms with van der Waals surface area (Å²) in [5, 5.41) is 12.4. The summed E-state index contributed by atoms with van der Waals surface area (Å²) in [6.45, 7) is 5.48. The van der Waals surface area contributed by atoms with E-state index in [4.69, 9.17) is 0 Å². The highest BCUT2D eigenvalue weighted by atomic mass is 16.4. The van der Waals surface area contributed by atoms with Crippen LogP contribution in [0, 0.1) is 5.92 Å². The molecule has 0 amide bonds. The summed E-state index contributed by atoms with van der Waals surface area (Å²) in [6, 6.07) is 0.121. The number of nitrogens with one attached hydrogen (secondary N) is 1. The van der Waals surface area contributed by atoms with Crippen LogP contribution in [0.2, 0.25) is 0 Å². The third-order valence-electron chi connectivity index (χ3n) is 4.23. The zero-order valence-electron chi connectivity index (χ0n) is 11.4. The van der Waals surface area contributed by atoms with Gasteiger partial charge in [-0.15, -0.1) is 0 Å². The summed E-state index contributed by atoms with van der Waals surface area (Å²) in [6.07, 6.45) is 6.89. The van der Waals surface area contributed by atoms with Crippen molar-refractivity contribution in [1.29, 1.82) is 0 Å². The van der Waals surface area contributed by atoms with E-state index < -0.39 is 5.97 Å². The lowest BCUT2D eigenvalue weighted by atomic mass is 9.95. The summed E-state index contributed by atoms with van der Waals surface area (Å²) in [5.41, 5.74) is 0. The average Bonchev–Trinajstić information content (AvgIpc) is 3.18. The van der Waals surface area contributed by atoms with Crippen LogP contribution in [0.25, 0.3) is 0 Å². The maximum Gasteiger partial charge on any atom is 0.320 e. The second kappa shape index (κ2) is 6.53. The Morgan fingerprint density at radius 1 is 1.44 bits per heavy atom. The van der Waals surface area contributed by atoms with Gasteiger partial charge in [-0.3, -0.25) is 4.79 Å². The first-order valence-corrected chi connectivity index (χ1v) is 7.40. The van der Waals surface area contributed by atoms with E-state index in [0.717, 1.165) is 44.8 Å². The van der Waals surface area contributed by atoms with Gasteiger partial charge < -0.3 is 15.3 Å². The Morgan fingerprint density at radius 2 is 2.22 bits per heavy atom. The van der Waals surface area contributed by atoms with Gasteiger partial charge in [-0.1, -0.05) is 13.3 Å². The van der Waals surface area contributed by atoms with Crippen LogP contribution in [-0.2, 0) is 4.79 Å². The van der Waals surface area contributed by atoms with E-state index in [9.17, 15) is 9.90 Å². The van der Waals surface area contributed by atoms with Crippen LogP contribution in [0.15, 0.2) is 0 Å². The second-order valence-electron chi connectivity index (χ2n) is 5.84. The molecule has 2 N–H and O–H groups in total. The molecule has 2 aliphatic rings. The van der Waals surface area contributed by atoms with Gasteiger partial charge in [0.1, 0.15) is 6.04 Å². The number of rotatable bonds is 7. The summed E-state index contributed by atoms with van der Waals surface area (Å²) in [7, 11) is 0. The van der Waals surface area contributed by atoms with Crippen molar-refractivity contribution in [2.45, 2.75) is 57.5 Å². The fourth-order valence-electron chi connectivity index (χ4n) is 2.81. The average molecular weight is 254 g/mol. The third-order valence-corrected chi connectivity index (χ3v) is 4.23. The Hall–Kier alpha value is -0.610. The van der Waals surface area contributed by atoms with Gasteiger partial charge in [0.15, 0.2) is 0 Å². The van der Waals surface area contributed by atoms with Crippen LogP contribution in [0.1, 0.15) is 45.4 Å². The Labute approximate surface area is 110 Å². The van der Waals surface area contributed by atoms with Crippen molar-refractivity contribution >= 4 is 5.97 Å². The lowest BCUT2D eigenvalue weighted by molar-refractivity contribution is -0.139. The molecule has 1 aliphatic heterocycles. The molecule has 0 radical (unpaired) electrons. The number of carboxylic acids is 1. The first-order valence-electron chi connectivity index (χ1n) is 7.40. The standard InChI is InChI=1S/C14H26N2O2/c1-2-11-4-3-8-16(10-11)9-7-13(14(17)18)15-12-5-6-12/h11-13,15H,2-10H2,1H3,(H,17,18). The van der Waals surface area contributed by atoms with Gasteiger partial charge in [-0.25, -0.2) is 0 Å². The molecule has 0 aromatic rings. The predicted octanol–water partition coefficient (Wildman–Crippen LogP) is 1.70. The van der Waals surface area contributed by atoms with Crippen molar-refractivity contribution < 1.29 is 9.90 Å². The first-order chi connectivity index (χ1) is 8.69. The summed E-state index contributed by atoms with van der Waals surface area (Å²) in [5.74, 6) is 0.129.